The van der Waals surface area contributed by atoms with E-state index in [0.29, 0.717) is 19.1 Å². The van der Waals surface area contributed by atoms with Crippen LogP contribution in [0.4, 0.5) is 0 Å². The smallest absolute Gasteiger partial charge is 0.115 e. The van der Waals surface area contributed by atoms with E-state index in [1.54, 1.807) is 19.6 Å². The summed E-state index contributed by atoms with van der Waals surface area (Å²) in [4.78, 5) is 10.6. The van der Waals surface area contributed by atoms with Crippen molar-refractivity contribution >= 4 is 0 Å². The van der Waals surface area contributed by atoms with E-state index in [-0.39, 0.29) is 6.04 Å². The predicted octanol–water partition coefficient (Wildman–Crippen LogP) is 1.08. The number of rotatable bonds is 8. The zero-order valence-electron chi connectivity index (χ0n) is 11.5. The molecule has 0 aliphatic heterocycles. The van der Waals surface area contributed by atoms with Crippen molar-refractivity contribution < 1.29 is 4.74 Å². The van der Waals surface area contributed by atoms with Crippen LogP contribution in [0.15, 0.2) is 18.6 Å². The molecule has 0 saturated carbocycles. The third-order valence-corrected chi connectivity index (χ3v) is 2.79. The molecule has 5 heteroatoms. The first kappa shape index (κ1) is 15.0. The lowest BCUT2D eigenvalue weighted by molar-refractivity contribution is 0.110. The van der Waals surface area contributed by atoms with Gasteiger partial charge >= 0.3 is 0 Å². The van der Waals surface area contributed by atoms with Crippen molar-refractivity contribution in [1.82, 2.24) is 14.9 Å². The fourth-order valence-corrected chi connectivity index (χ4v) is 2.01. The average Bonchev–Trinajstić information content (AvgIpc) is 2.37. The minimum atomic E-state index is 0.130. The molecule has 2 N–H and O–H groups in total. The third kappa shape index (κ3) is 4.68. The number of methoxy groups -OCH3 is 1. The first-order valence-electron chi connectivity index (χ1n) is 6.38. The van der Waals surface area contributed by atoms with Crippen LogP contribution in [-0.2, 0) is 4.74 Å². The van der Waals surface area contributed by atoms with Gasteiger partial charge in [0.25, 0.3) is 0 Å². The van der Waals surface area contributed by atoms with Crippen molar-refractivity contribution in [1.29, 1.82) is 0 Å². The lowest BCUT2D eigenvalue weighted by atomic mass is 10.1. The molecule has 0 aromatic carbocycles. The van der Waals surface area contributed by atoms with Crippen LogP contribution in [0.2, 0.25) is 0 Å². The van der Waals surface area contributed by atoms with Crippen LogP contribution in [0.25, 0.3) is 0 Å². The summed E-state index contributed by atoms with van der Waals surface area (Å²) in [6, 6.07) is 2.06. The number of aromatic nitrogens is 2. The number of nitrogens with two attached hydrogens (primary N) is 1. The topological polar surface area (TPSA) is 64.3 Å². The predicted molar refractivity (Wildman–Crippen MR) is 72.1 cm³/mol. The highest BCUT2D eigenvalue weighted by Crippen LogP contribution is 2.18. The molecule has 0 amide bonds. The Morgan fingerprint density at radius 2 is 2.22 bits per heavy atom. The highest BCUT2D eigenvalue weighted by atomic mass is 16.5. The van der Waals surface area contributed by atoms with Gasteiger partial charge in [-0.1, -0.05) is 13.8 Å². The molecule has 1 aromatic rings. The van der Waals surface area contributed by atoms with Crippen molar-refractivity contribution in [2.75, 3.05) is 33.4 Å². The van der Waals surface area contributed by atoms with Crippen molar-refractivity contribution in [2.45, 2.75) is 19.9 Å². The van der Waals surface area contributed by atoms with Crippen LogP contribution in [0.5, 0.6) is 0 Å². The quantitative estimate of drug-likeness (QED) is 0.750. The van der Waals surface area contributed by atoms with E-state index in [2.05, 4.69) is 28.7 Å². The fourth-order valence-electron chi connectivity index (χ4n) is 2.01. The van der Waals surface area contributed by atoms with Gasteiger partial charge in [0.15, 0.2) is 0 Å². The van der Waals surface area contributed by atoms with Crippen molar-refractivity contribution in [3.8, 4) is 0 Å². The number of ether oxygens (including phenoxy) is 1. The lowest BCUT2D eigenvalue weighted by Crippen LogP contribution is -2.38. The second kappa shape index (κ2) is 8.13. The maximum atomic E-state index is 5.91. The molecule has 5 nitrogen and oxygen atoms in total. The van der Waals surface area contributed by atoms with Gasteiger partial charge in [-0.2, -0.15) is 0 Å². The molecule has 102 valence electrons. The van der Waals surface area contributed by atoms with Gasteiger partial charge in [0.1, 0.15) is 6.33 Å². The number of nitrogens with zero attached hydrogens (tertiary/aromatic N) is 3. The maximum Gasteiger partial charge on any atom is 0.115 e. The van der Waals surface area contributed by atoms with Crippen LogP contribution in [0.1, 0.15) is 25.6 Å². The Hall–Kier alpha value is -1.04. The van der Waals surface area contributed by atoms with Gasteiger partial charge in [-0.15, -0.1) is 0 Å². The van der Waals surface area contributed by atoms with Crippen molar-refractivity contribution in [3.63, 3.8) is 0 Å². The minimum Gasteiger partial charge on any atom is -0.383 e. The monoisotopic (exact) mass is 252 g/mol. The lowest BCUT2D eigenvalue weighted by Gasteiger charge is -2.31. The SMILES string of the molecule is COCCN(CC(C)C)C(CN)c1ccncn1. The Labute approximate surface area is 109 Å². The molecule has 1 unspecified atom stereocenters. The highest BCUT2D eigenvalue weighted by Gasteiger charge is 2.20. The summed E-state index contributed by atoms with van der Waals surface area (Å²) in [5.41, 5.74) is 6.89. The summed E-state index contributed by atoms with van der Waals surface area (Å²) in [5, 5.41) is 0. The average molecular weight is 252 g/mol. The molecule has 1 rings (SSSR count). The molecule has 0 aliphatic carbocycles. The Balaban J connectivity index is 2.79. The molecule has 0 aliphatic rings. The van der Waals surface area contributed by atoms with E-state index in [0.717, 1.165) is 18.8 Å². The molecule has 0 spiro atoms. The van der Waals surface area contributed by atoms with Crippen LogP contribution >= 0.6 is 0 Å². The van der Waals surface area contributed by atoms with Crippen LogP contribution in [0.3, 0.4) is 0 Å². The van der Waals surface area contributed by atoms with Gasteiger partial charge in [0, 0.05) is 32.9 Å². The Morgan fingerprint density at radius 1 is 1.44 bits per heavy atom. The molecule has 0 fully saturated rings. The number of hydrogen-bond donors (Lipinski definition) is 1. The summed E-state index contributed by atoms with van der Waals surface area (Å²) in [6.07, 6.45) is 3.33. The van der Waals surface area contributed by atoms with Crippen LogP contribution in [-0.4, -0.2) is 48.2 Å². The van der Waals surface area contributed by atoms with E-state index in [1.165, 1.54) is 0 Å². The molecule has 1 atom stereocenters. The van der Waals surface area contributed by atoms with Gasteiger partial charge in [0.2, 0.25) is 0 Å². The zero-order chi connectivity index (χ0) is 13.4. The second-order valence-corrected chi connectivity index (χ2v) is 4.77. The molecule has 18 heavy (non-hydrogen) atoms. The highest BCUT2D eigenvalue weighted by molar-refractivity contribution is 5.05. The molecule has 0 radical (unpaired) electrons. The fraction of sp³-hybridized carbons (Fsp3) is 0.692. The first-order chi connectivity index (χ1) is 8.69. The van der Waals surface area contributed by atoms with E-state index < -0.39 is 0 Å². The first-order valence-corrected chi connectivity index (χ1v) is 6.38. The molecule has 0 saturated heterocycles. The molecule has 0 bridgehead atoms. The molecule has 1 aromatic heterocycles. The van der Waals surface area contributed by atoms with Gasteiger partial charge in [-0.05, 0) is 12.0 Å². The Morgan fingerprint density at radius 3 is 2.72 bits per heavy atom. The third-order valence-electron chi connectivity index (χ3n) is 2.79. The van der Waals surface area contributed by atoms with Gasteiger partial charge in [-0.25, -0.2) is 9.97 Å². The summed E-state index contributed by atoms with van der Waals surface area (Å²) >= 11 is 0. The van der Waals surface area contributed by atoms with Crippen LogP contribution in [0, 0.1) is 5.92 Å². The normalized spacial score (nSPS) is 13.2. The summed E-state index contributed by atoms with van der Waals surface area (Å²) in [6.45, 7) is 7.50. The number of hydrogen-bond acceptors (Lipinski definition) is 5. The van der Waals surface area contributed by atoms with E-state index in [9.17, 15) is 0 Å². The standard InChI is InChI=1S/C13H24N4O/c1-11(2)9-17(6-7-18-3)13(8-14)12-4-5-15-10-16-12/h4-5,10-11,13H,6-9,14H2,1-3H3. The van der Waals surface area contributed by atoms with E-state index >= 15 is 0 Å². The van der Waals surface area contributed by atoms with Crippen LogP contribution < -0.4 is 5.73 Å². The van der Waals surface area contributed by atoms with E-state index in [1.807, 2.05) is 6.07 Å². The zero-order valence-corrected chi connectivity index (χ0v) is 11.5. The second-order valence-electron chi connectivity index (χ2n) is 4.77. The molecule has 1 heterocycles. The van der Waals surface area contributed by atoms with Gasteiger partial charge in [-0.3, -0.25) is 4.90 Å². The van der Waals surface area contributed by atoms with Gasteiger partial charge in [0.05, 0.1) is 18.3 Å². The molecular weight excluding hydrogens is 228 g/mol. The van der Waals surface area contributed by atoms with Gasteiger partial charge < -0.3 is 10.5 Å². The minimum absolute atomic E-state index is 0.130. The summed E-state index contributed by atoms with van der Waals surface area (Å²) in [5.74, 6) is 0.581. The molecular formula is C13H24N4O. The summed E-state index contributed by atoms with van der Waals surface area (Å²) in [7, 11) is 1.72. The summed E-state index contributed by atoms with van der Waals surface area (Å²) < 4.78 is 5.17. The maximum absolute atomic E-state index is 5.91. The van der Waals surface area contributed by atoms with E-state index in [4.69, 9.17) is 10.5 Å². The van der Waals surface area contributed by atoms with Crippen molar-refractivity contribution in [3.05, 3.63) is 24.3 Å². The largest absolute Gasteiger partial charge is 0.383 e. The Bertz CT molecular complexity index is 318. The van der Waals surface area contributed by atoms with Crippen molar-refractivity contribution in [2.24, 2.45) is 11.7 Å². The Kier molecular flexibility index (Phi) is 6.78.